The molecule has 4 aromatic rings. The molecule has 1 amide bonds. The number of fused-ring (bicyclic) bond motifs is 1. The van der Waals surface area contributed by atoms with Crippen molar-refractivity contribution in [3.05, 3.63) is 76.3 Å². The van der Waals surface area contributed by atoms with E-state index < -0.39 is 0 Å². The Morgan fingerprint density at radius 2 is 1.90 bits per heavy atom. The van der Waals surface area contributed by atoms with Crippen molar-refractivity contribution < 1.29 is 4.79 Å². The third-order valence-electron chi connectivity index (χ3n) is 4.46. The fourth-order valence-corrected chi connectivity index (χ4v) is 3.75. The molecule has 0 aliphatic carbocycles. The van der Waals surface area contributed by atoms with Gasteiger partial charge in [0.2, 0.25) is 5.91 Å². The molecule has 2 N–H and O–H groups in total. The number of benzene rings is 2. The van der Waals surface area contributed by atoms with Crippen LogP contribution in [0.1, 0.15) is 11.1 Å². The minimum atomic E-state index is -0.313. The van der Waals surface area contributed by atoms with Crippen molar-refractivity contribution in [2.75, 3.05) is 11.1 Å². The third-order valence-corrected chi connectivity index (χ3v) is 5.40. The van der Waals surface area contributed by atoms with Crippen LogP contribution in [0.15, 0.2) is 64.8 Å². The highest BCUT2D eigenvalue weighted by atomic mass is 32.2. The fourth-order valence-electron chi connectivity index (χ4n) is 2.94. The number of carbonyl (C=O) groups excluding carboxylic acids is 1. The quantitative estimate of drug-likeness (QED) is 0.496. The van der Waals surface area contributed by atoms with Crippen molar-refractivity contribution in [2.24, 2.45) is 0 Å². The van der Waals surface area contributed by atoms with Gasteiger partial charge in [-0.2, -0.15) is 0 Å². The van der Waals surface area contributed by atoms with Crippen LogP contribution in [0, 0.1) is 13.8 Å². The maximum atomic E-state index is 12.5. The number of rotatable bonds is 5. The van der Waals surface area contributed by atoms with Crippen LogP contribution in [-0.2, 0) is 4.79 Å². The molecule has 0 spiro atoms. The fraction of sp³-hybridized carbons (Fsp3) is 0.143. The second kappa shape index (κ2) is 7.92. The van der Waals surface area contributed by atoms with Crippen LogP contribution < -0.4 is 10.9 Å². The molecule has 7 nitrogen and oxygen atoms in total. The molecule has 0 atom stereocenters. The van der Waals surface area contributed by atoms with Crippen molar-refractivity contribution in [1.29, 1.82) is 0 Å². The topological polar surface area (TPSA) is 92.7 Å². The summed E-state index contributed by atoms with van der Waals surface area (Å²) in [6, 6.07) is 15.5. The van der Waals surface area contributed by atoms with Crippen molar-refractivity contribution in [3.8, 4) is 5.69 Å². The van der Waals surface area contributed by atoms with E-state index in [0.717, 1.165) is 22.5 Å². The van der Waals surface area contributed by atoms with E-state index >= 15 is 0 Å². The molecule has 2 heterocycles. The zero-order valence-corrected chi connectivity index (χ0v) is 16.8. The number of hydrogen-bond donors (Lipinski definition) is 2. The number of nitrogens with one attached hydrogen (secondary N) is 2. The molecule has 0 fully saturated rings. The molecule has 2 aromatic carbocycles. The predicted octanol–water partition coefficient (Wildman–Crippen LogP) is 3.46. The summed E-state index contributed by atoms with van der Waals surface area (Å²) in [5, 5.41) is 3.45. The van der Waals surface area contributed by atoms with E-state index in [1.165, 1.54) is 18.1 Å². The zero-order chi connectivity index (χ0) is 20.4. The van der Waals surface area contributed by atoms with Gasteiger partial charge >= 0.3 is 0 Å². The van der Waals surface area contributed by atoms with Gasteiger partial charge in [-0.05, 0) is 37.6 Å². The smallest absolute Gasteiger partial charge is 0.278 e. The lowest BCUT2D eigenvalue weighted by Gasteiger charge is -2.10. The summed E-state index contributed by atoms with van der Waals surface area (Å²) in [4.78, 5) is 35.9. The van der Waals surface area contributed by atoms with Crippen LogP contribution in [0.25, 0.3) is 16.9 Å². The SMILES string of the molecule is Cc1ccc(-n2c(SCC(=O)Nc3ccccc3C)nc3c(=O)[nH]cnc32)cc1. The van der Waals surface area contributed by atoms with E-state index in [0.29, 0.717) is 10.8 Å². The molecular formula is C21H19N5O2S. The minimum Gasteiger partial charge on any atom is -0.325 e. The van der Waals surface area contributed by atoms with Gasteiger partial charge in [0, 0.05) is 11.4 Å². The maximum absolute atomic E-state index is 12.5. The summed E-state index contributed by atoms with van der Waals surface area (Å²) in [6.07, 6.45) is 1.36. The Morgan fingerprint density at radius 3 is 2.66 bits per heavy atom. The van der Waals surface area contributed by atoms with Gasteiger partial charge in [-0.3, -0.25) is 14.2 Å². The van der Waals surface area contributed by atoms with E-state index in [9.17, 15) is 9.59 Å². The van der Waals surface area contributed by atoms with Gasteiger partial charge in [0.15, 0.2) is 16.3 Å². The summed E-state index contributed by atoms with van der Waals surface area (Å²) in [5.74, 6) is 0.00945. The highest BCUT2D eigenvalue weighted by Gasteiger charge is 2.17. The number of para-hydroxylation sites is 1. The van der Waals surface area contributed by atoms with E-state index in [2.05, 4.69) is 20.3 Å². The molecular weight excluding hydrogens is 386 g/mol. The van der Waals surface area contributed by atoms with Gasteiger partial charge in [-0.25, -0.2) is 9.97 Å². The number of H-pyrrole nitrogens is 1. The number of amides is 1. The van der Waals surface area contributed by atoms with E-state index in [-0.39, 0.29) is 22.7 Å². The molecule has 0 bridgehead atoms. The summed E-state index contributed by atoms with van der Waals surface area (Å²) < 4.78 is 1.80. The lowest BCUT2D eigenvalue weighted by atomic mass is 10.2. The van der Waals surface area contributed by atoms with Crippen LogP contribution in [0.4, 0.5) is 5.69 Å². The van der Waals surface area contributed by atoms with E-state index in [1.807, 2.05) is 62.4 Å². The van der Waals surface area contributed by atoms with Crippen molar-refractivity contribution in [2.45, 2.75) is 19.0 Å². The van der Waals surface area contributed by atoms with Crippen molar-refractivity contribution >= 4 is 34.5 Å². The Balaban J connectivity index is 1.65. The standard InChI is InChI=1S/C21H19N5O2S/c1-13-7-9-15(10-8-13)26-19-18(20(28)23-12-22-19)25-21(26)29-11-17(27)24-16-6-4-3-5-14(16)2/h3-10,12H,11H2,1-2H3,(H,24,27)(H,22,23,28). The lowest BCUT2D eigenvalue weighted by Crippen LogP contribution is -2.15. The first-order valence-electron chi connectivity index (χ1n) is 9.04. The molecule has 146 valence electrons. The summed E-state index contributed by atoms with van der Waals surface area (Å²) >= 11 is 1.26. The largest absolute Gasteiger partial charge is 0.325 e. The predicted molar refractivity (Wildman–Crippen MR) is 115 cm³/mol. The Morgan fingerprint density at radius 1 is 1.14 bits per heavy atom. The average Bonchev–Trinajstić information content (AvgIpc) is 3.09. The Kier molecular flexibility index (Phi) is 5.18. The maximum Gasteiger partial charge on any atom is 0.278 e. The molecule has 0 radical (unpaired) electrons. The van der Waals surface area contributed by atoms with Gasteiger partial charge in [0.25, 0.3) is 5.56 Å². The first-order valence-corrected chi connectivity index (χ1v) is 10.0. The zero-order valence-electron chi connectivity index (χ0n) is 16.0. The second-order valence-electron chi connectivity index (χ2n) is 6.62. The number of anilines is 1. The molecule has 0 saturated heterocycles. The molecule has 8 heteroatoms. The number of aryl methyl sites for hydroxylation is 2. The Hall–Kier alpha value is -3.39. The van der Waals surface area contributed by atoms with Crippen molar-refractivity contribution in [1.82, 2.24) is 19.5 Å². The summed E-state index contributed by atoms with van der Waals surface area (Å²) in [6.45, 7) is 3.95. The number of nitrogens with zero attached hydrogens (tertiary/aromatic N) is 3. The summed E-state index contributed by atoms with van der Waals surface area (Å²) in [7, 11) is 0. The highest BCUT2D eigenvalue weighted by molar-refractivity contribution is 7.99. The van der Waals surface area contributed by atoms with E-state index in [1.54, 1.807) is 4.57 Å². The lowest BCUT2D eigenvalue weighted by molar-refractivity contribution is -0.113. The monoisotopic (exact) mass is 405 g/mol. The number of carbonyl (C=O) groups is 1. The molecule has 0 saturated carbocycles. The first-order chi connectivity index (χ1) is 14.0. The number of hydrogen-bond acceptors (Lipinski definition) is 5. The third kappa shape index (κ3) is 3.93. The average molecular weight is 405 g/mol. The van der Waals surface area contributed by atoms with Crippen LogP contribution in [-0.4, -0.2) is 31.2 Å². The molecule has 0 aliphatic rings. The van der Waals surface area contributed by atoms with Gasteiger partial charge < -0.3 is 10.3 Å². The molecule has 0 unspecified atom stereocenters. The van der Waals surface area contributed by atoms with Crippen molar-refractivity contribution in [3.63, 3.8) is 0 Å². The van der Waals surface area contributed by atoms with Gasteiger partial charge in [-0.1, -0.05) is 47.7 Å². The molecule has 0 aliphatic heterocycles. The number of imidazole rings is 1. The Bertz CT molecular complexity index is 1240. The van der Waals surface area contributed by atoms with Gasteiger partial charge in [0.1, 0.15) is 0 Å². The number of thioether (sulfide) groups is 1. The van der Waals surface area contributed by atoms with Crippen LogP contribution in [0.5, 0.6) is 0 Å². The normalized spacial score (nSPS) is 11.0. The number of aromatic nitrogens is 4. The van der Waals surface area contributed by atoms with Crippen LogP contribution >= 0.6 is 11.8 Å². The molecule has 4 rings (SSSR count). The van der Waals surface area contributed by atoms with Crippen LogP contribution in [0.2, 0.25) is 0 Å². The molecule has 2 aromatic heterocycles. The molecule has 29 heavy (non-hydrogen) atoms. The van der Waals surface area contributed by atoms with Gasteiger partial charge in [-0.15, -0.1) is 0 Å². The highest BCUT2D eigenvalue weighted by Crippen LogP contribution is 2.26. The minimum absolute atomic E-state index is 0.145. The summed E-state index contributed by atoms with van der Waals surface area (Å²) in [5.41, 5.74) is 4.12. The van der Waals surface area contributed by atoms with Crippen LogP contribution in [0.3, 0.4) is 0 Å². The second-order valence-corrected chi connectivity index (χ2v) is 7.56. The number of aromatic amines is 1. The van der Waals surface area contributed by atoms with Gasteiger partial charge in [0.05, 0.1) is 12.1 Å². The first kappa shape index (κ1) is 18.9. The van der Waals surface area contributed by atoms with E-state index in [4.69, 9.17) is 0 Å². The Labute approximate surface area is 171 Å².